The van der Waals surface area contributed by atoms with Crippen molar-refractivity contribution in [2.75, 3.05) is 0 Å². The van der Waals surface area contributed by atoms with Gasteiger partial charge >= 0.3 is 5.97 Å². The number of aromatic nitrogens is 2. The van der Waals surface area contributed by atoms with E-state index in [1.165, 1.54) is 38.2 Å². The quantitative estimate of drug-likeness (QED) is 0.155. The molecule has 0 spiro atoms. The summed E-state index contributed by atoms with van der Waals surface area (Å²) in [4.78, 5) is 11.5. The molecule has 0 saturated carbocycles. The average molecular weight is 421 g/mol. The van der Waals surface area contributed by atoms with Gasteiger partial charge in [-0.3, -0.25) is 0 Å². The maximum atomic E-state index is 11.5. The Kier molecular flexibility index (Phi) is 8.33. The number of carbonyl (C=O) groups excluding carboxylic acids is 1. The Balaban J connectivity index is 1.59. The standard InChI is InChI=1S/C25H28N2O2S/c1-3-5-6-7-8-10-23-26-27-25(30-23)21-13-11-19(12-14-21)20-15-17-22(18-16-20)29-24(28)9-4-2/h4,9,11-18H,3,5-8,10H2,1-2H3/b9-4+. The summed E-state index contributed by atoms with van der Waals surface area (Å²) in [5.74, 6) is 0.168. The van der Waals surface area contributed by atoms with Gasteiger partial charge in [0, 0.05) is 18.1 Å². The van der Waals surface area contributed by atoms with Crippen LogP contribution in [0, 0.1) is 0 Å². The highest BCUT2D eigenvalue weighted by molar-refractivity contribution is 7.14. The molecule has 0 fully saturated rings. The van der Waals surface area contributed by atoms with E-state index in [1.807, 2.05) is 24.3 Å². The summed E-state index contributed by atoms with van der Waals surface area (Å²) in [5.41, 5.74) is 3.26. The number of nitrogens with zero attached hydrogens (tertiary/aromatic N) is 2. The molecule has 5 heteroatoms. The highest BCUT2D eigenvalue weighted by Crippen LogP contribution is 2.28. The van der Waals surface area contributed by atoms with Gasteiger partial charge in [0.25, 0.3) is 0 Å². The van der Waals surface area contributed by atoms with Gasteiger partial charge in [-0.15, -0.1) is 10.2 Å². The number of allylic oxidation sites excluding steroid dienone is 1. The second-order valence-electron chi connectivity index (χ2n) is 7.19. The van der Waals surface area contributed by atoms with Crippen LogP contribution in [0.25, 0.3) is 21.7 Å². The maximum absolute atomic E-state index is 11.5. The monoisotopic (exact) mass is 420 g/mol. The number of benzene rings is 2. The zero-order valence-corrected chi connectivity index (χ0v) is 18.5. The molecule has 1 heterocycles. The van der Waals surface area contributed by atoms with Gasteiger partial charge in [-0.1, -0.05) is 86.4 Å². The third kappa shape index (κ3) is 6.36. The molecule has 0 amide bonds. The van der Waals surface area contributed by atoms with Crippen LogP contribution in [-0.2, 0) is 11.2 Å². The summed E-state index contributed by atoms with van der Waals surface area (Å²) < 4.78 is 5.23. The van der Waals surface area contributed by atoms with E-state index in [2.05, 4.69) is 41.4 Å². The maximum Gasteiger partial charge on any atom is 0.335 e. The molecule has 0 aliphatic rings. The van der Waals surface area contributed by atoms with Crippen LogP contribution in [-0.4, -0.2) is 16.2 Å². The highest BCUT2D eigenvalue weighted by atomic mass is 32.1. The lowest BCUT2D eigenvalue weighted by Gasteiger charge is -2.05. The van der Waals surface area contributed by atoms with Crippen molar-refractivity contribution in [3.8, 4) is 27.4 Å². The lowest BCUT2D eigenvalue weighted by atomic mass is 10.0. The number of esters is 1. The fourth-order valence-corrected chi connectivity index (χ4v) is 4.04. The molecule has 0 N–H and O–H groups in total. The Labute approximate surface area is 182 Å². The van der Waals surface area contributed by atoms with Crippen molar-refractivity contribution < 1.29 is 9.53 Å². The van der Waals surface area contributed by atoms with E-state index in [1.54, 1.807) is 24.3 Å². The molecule has 1 aromatic heterocycles. The zero-order valence-electron chi connectivity index (χ0n) is 17.6. The van der Waals surface area contributed by atoms with Gasteiger partial charge in [0.2, 0.25) is 0 Å². The third-order valence-corrected chi connectivity index (χ3v) is 5.83. The van der Waals surface area contributed by atoms with E-state index in [9.17, 15) is 4.79 Å². The summed E-state index contributed by atoms with van der Waals surface area (Å²) in [7, 11) is 0. The Morgan fingerprint density at radius 3 is 2.20 bits per heavy atom. The van der Waals surface area contributed by atoms with Crippen LogP contribution < -0.4 is 4.74 Å². The molecule has 0 atom stereocenters. The van der Waals surface area contributed by atoms with E-state index in [4.69, 9.17) is 4.74 Å². The topological polar surface area (TPSA) is 52.1 Å². The van der Waals surface area contributed by atoms with Gasteiger partial charge in [0.1, 0.15) is 15.8 Å². The molecule has 4 nitrogen and oxygen atoms in total. The van der Waals surface area contributed by atoms with Crippen molar-refractivity contribution in [2.45, 2.75) is 52.4 Å². The smallest absolute Gasteiger partial charge is 0.335 e. The van der Waals surface area contributed by atoms with Gasteiger partial charge in [-0.25, -0.2) is 4.79 Å². The molecule has 3 rings (SSSR count). The molecule has 30 heavy (non-hydrogen) atoms. The largest absolute Gasteiger partial charge is 0.423 e. The van der Waals surface area contributed by atoms with E-state index in [-0.39, 0.29) is 5.97 Å². The minimum atomic E-state index is -0.369. The first-order chi connectivity index (χ1) is 14.7. The number of rotatable bonds is 10. The molecule has 0 unspecified atom stereocenters. The summed E-state index contributed by atoms with van der Waals surface area (Å²) in [6.45, 7) is 4.02. The van der Waals surface area contributed by atoms with Crippen LogP contribution in [0.1, 0.15) is 51.0 Å². The van der Waals surface area contributed by atoms with Crippen molar-refractivity contribution in [2.24, 2.45) is 0 Å². The molecule has 0 saturated heterocycles. The second kappa shape index (κ2) is 11.4. The van der Waals surface area contributed by atoms with Gasteiger partial charge in [-0.2, -0.15) is 0 Å². The minimum absolute atomic E-state index is 0.369. The van der Waals surface area contributed by atoms with Crippen molar-refractivity contribution >= 4 is 17.3 Å². The Hall–Kier alpha value is -2.79. The zero-order chi connectivity index (χ0) is 21.2. The molecule has 0 aliphatic carbocycles. The van der Waals surface area contributed by atoms with Crippen LogP contribution in [0.3, 0.4) is 0 Å². The lowest BCUT2D eigenvalue weighted by molar-refractivity contribution is -0.129. The first-order valence-electron chi connectivity index (χ1n) is 10.6. The van der Waals surface area contributed by atoms with Crippen LogP contribution in [0.4, 0.5) is 0 Å². The van der Waals surface area contributed by atoms with Crippen LogP contribution >= 0.6 is 11.3 Å². The van der Waals surface area contributed by atoms with Crippen LogP contribution in [0.15, 0.2) is 60.7 Å². The fourth-order valence-electron chi connectivity index (χ4n) is 3.16. The van der Waals surface area contributed by atoms with E-state index in [0.29, 0.717) is 5.75 Å². The Bertz CT molecular complexity index is 960. The van der Waals surface area contributed by atoms with Gasteiger partial charge in [0.15, 0.2) is 0 Å². The number of unbranched alkanes of at least 4 members (excludes halogenated alkanes) is 4. The molecular weight excluding hydrogens is 392 g/mol. The molecule has 2 aromatic carbocycles. The third-order valence-electron chi connectivity index (χ3n) is 4.80. The first kappa shape index (κ1) is 21.9. The molecular formula is C25H28N2O2S. The van der Waals surface area contributed by atoms with Crippen molar-refractivity contribution in [3.05, 3.63) is 65.7 Å². The molecule has 0 radical (unpaired) electrons. The van der Waals surface area contributed by atoms with E-state index in [0.717, 1.165) is 33.1 Å². The summed E-state index contributed by atoms with van der Waals surface area (Å²) in [5, 5.41) is 10.8. The lowest BCUT2D eigenvalue weighted by Crippen LogP contribution is -2.03. The van der Waals surface area contributed by atoms with Crippen LogP contribution in [0.2, 0.25) is 0 Å². The summed E-state index contributed by atoms with van der Waals surface area (Å²) in [6.07, 6.45) is 10.4. The van der Waals surface area contributed by atoms with Crippen molar-refractivity contribution in [3.63, 3.8) is 0 Å². The predicted molar refractivity (Wildman–Crippen MR) is 124 cm³/mol. The molecule has 0 aliphatic heterocycles. The number of ether oxygens (including phenoxy) is 1. The normalized spacial score (nSPS) is 11.1. The number of carbonyl (C=O) groups is 1. The number of hydrogen-bond donors (Lipinski definition) is 0. The Morgan fingerprint density at radius 1 is 0.900 bits per heavy atom. The SMILES string of the molecule is C/C=C/C(=O)Oc1ccc(-c2ccc(-c3nnc(CCCCCCC)s3)cc2)cc1. The van der Waals surface area contributed by atoms with E-state index >= 15 is 0 Å². The van der Waals surface area contributed by atoms with Crippen molar-refractivity contribution in [1.82, 2.24) is 10.2 Å². The average Bonchev–Trinajstić information content (AvgIpc) is 3.23. The highest BCUT2D eigenvalue weighted by Gasteiger charge is 2.08. The summed E-state index contributed by atoms with van der Waals surface area (Å²) in [6, 6.07) is 15.9. The number of aryl methyl sites for hydroxylation is 1. The molecule has 0 bridgehead atoms. The predicted octanol–water partition coefficient (Wildman–Crippen LogP) is 6.87. The second-order valence-corrected chi connectivity index (χ2v) is 8.25. The van der Waals surface area contributed by atoms with Gasteiger partial charge in [0.05, 0.1) is 0 Å². The van der Waals surface area contributed by atoms with E-state index < -0.39 is 0 Å². The van der Waals surface area contributed by atoms with Gasteiger partial charge < -0.3 is 4.74 Å². The minimum Gasteiger partial charge on any atom is -0.423 e. The Morgan fingerprint density at radius 2 is 1.53 bits per heavy atom. The van der Waals surface area contributed by atoms with Crippen LogP contribution in [0.5, 0.6) is 5.75 Å². The molecule has 156 valence electrons. The number of hydrogen-bond acceptors (Lipinski definition) is 5. The fraction of sp³-hybridized carbons (Fsp3) is 0.320. The molecule has 3 aromatic rings. The van der Waals surface area contributed by atoms with Gasteiger partial charge in [-0.05, 0) is 36.6 Å². The van der Waals surface area contributed by atoms with Crippen molar-refractivity contribution in [1.29, 1.82) is 0 Å². The first-order valence-corrected chi connectivity index (χ1v) is 11.4. The summed E-state index contributed by atoms with van der Waals surface area (Å²) >= 11 is 1.69.